The molecule has 1 N–H and O–H groups in total. The SMILES string of the molecule is O=C(O)[C@H]1CCCCN1C(=O)c1cc(Br)cc(Br)c1. The summed E-state index contributed by atoms with van der Waals surface area (Å²) in [5.74, 6) is -1.16. The molecular weight excluding hydrogens is 378 g/mol. The number of hydrogen-bond donors (Lipinski definition) is 1. The lowest BCUT2D eigenvalue weighted by molar-refractivity contribution is -0.143. The average Bonchev–Trinajstić information content (AvgIpc) is 2.36. The lowest BCUT2D eigenvalue weighted by Gasteiger charge is -2.33. The Morgan fingerprint density at radius 3 is 2.37 bits per heavy atom. The Morgan fingerprint density at radius 1 is 1.16 bits per heavy atom. The van der Waals surface area contributed by atoms with Crippen LogP contribution in [-0.2, 0) is 4.79 Å². The largest absolute Gasteiger partial charge is 0.480 e. The summed E-state index contributed by atoms with van der Waals surface area (Å²) in [6.45, 7) is 0.500. The Hall–Kier alpha value is -0.880. The molecule has 0 aliphatic carbocycles. The number of carboxylic acids is 1. The summed E-state index contributed by atoms with van der Waals surface area (Å²) in [7, 11) is 0. The minimum absolute atomic E-state index is 0.228. The van der Waals surface area contributed by atoms with Crippen molar-refractivity contribution in [2.45, 2.75) is 25.3 Å². The molecule has 102 valence electrons. The molecule has 0 radical (unpaired) electrons. The van der Waals surface area contributed by atoms with Gasteiger partial charge in [-0.25, -0.2) is 4.79 Å². The van der Waals surface area contributed by atoms with Gasteiger partial charge < -0.3 is 10.0 Å². The molecule has 4 nitrogen and oxygen atoms in total. The second kappa shape index (κ2) is 6.05. The summed E-state index contributed by atoms with van der Waals surface area (Å²) < 4.78 is 1.57. The number of amides is 1. The van der Waals surface area contributed by atoms with E-state index in [4.69, 9.17) is 0 Å². The van der Waals surface area contributed by atoms with Crippen molar-refractivity contribution >= 4 is 43.7 Å². The van der Waals surface area contributed by atoms with Crippen LogP contribution >= 0.6 is 31.9 Å². The van der Waals surface area contributed by atoms with Crippen molar-refractivity contribution in [2.75, 3.05) is 6.54 Å². The average molecular weight is 391 g/mol. The molecule has 1 heterocycles. The normalized spacial score (nSPS) is 19.3. The van der Waals surface area contributed by atoms with Crippen molar-refractivity contribution in [3.63, 3.8) is 0 Å². The van der Waals surface area contributed by atoms with E-state index in [1.165, 1.54) is 4.90 Å². The first kappa shape index (κ1) is 14.5. The van der Waals surface area contributed by atoms with Gasteiger partial charge in [0.25, 0.3) is 5.91 Å². The van der Waals surface area contributed by atoms with Gasteiger partial charge >= 0.3 is 5.97 Å². The molecule has 1 saturated heterocycles. The number of piperidine rings is 1. The van der Waals surface area contributed by atoms with E-state index in [2.05, 4.69) is 31.9 Å². The van der Waals surface area contributed by atoms with Gasteiger partial charge in [-0.2, -0.15) is 0 Å². The lowest BCUT2D eigenvalue weighted by atomic mass is 10.0. The highest BCUT2D eigenvalue weighted by Crippen LogP contribution is 2.24. The first-order valence-electron chi connectivity index (χ1n) is 5.99. The molecule has 1 atom stereocenters. The van der Waals surface area contributed by atoms with Crippen LogP contribution in [0.2, 0.25) is 0 Å². The third-order valence-corrected chi connectivity index (χ3v) is 4.07. The molecule has 0 aromatic heterocycles. The van der Waals surface area contributed by atoms with Crippen LogP contribution in [0.3, 0.4) is 0 Å². The molecule has 1 aromatic rings. The minimum Gasteiger partial charge on any atom is -0.480 e. The van der Waals surface area contributed by atoms with E-state index in [1.54, 1.807) is 12.1 Å². The summed E-state index contributed by atoms with van der Waals surface area (Å²) in [4.78, 5) is 25.1. The molecule has 1 aliphatic heterocycles. The number of hydrogen-bond acceptors (Lipinski definition) is 2. The minimum atomic E-state index is -0.929. The van der Waals surface area contributed by atoms with E-state index in [-0.39, 0.29) is 5.91 Å². The number of aliphatic carboxylic acids is 1. The molecular formula is C13H13Br2NO3. The maximum absolute atomic E-state index is 12.4. The molecule has 1 aromatic carbocycles. The van der Waals surface area contributed by atoms with Crippen LogP contribution < -0.4 is 0 Å². The van der Waals surface area contributed by atoms with Crippen molar-refractivity contribution in [3.05, 3.63) is 32.7 Å². The number of rotatable bonds is 2. The number of carboxylic acid groups (broad SMARTS) is 1. The van der Waals surface area contributed by atoms with Gasteiger partial charge in [-0.3, -0.25) is 4.79 Å². The predicted molar refractivity (Wildman–Crippen MR) is 78.2 cm³/mol. The van der Waals surface area contributed by atoms with E-state index in [0.29, 0.717) is 18.5 Å². The highest BCUT2D eigenvalue weighted by Gasteiger charge is 2.32. The molecule has 0 bridgehead atoms. The molecule has 6 heteroatoms. The summed E-state index contributed by atoms with van der Waals surface area (Å²) in [6.07, 6.45) is 2.23. The zero-order valence-electron chi connectivity index (χ0n) is 10.1. The van der Waals surface area contributed by atoms with Crippen LogP contribution in [0.1, 0.15) is 29.6 Å². The van der Waals surface area contributed by atoms with Crippen LogP contribution in [0.25, 0.3) is 0 Å². The summed E-state index contributed by atoms with van der Waals surface area (Å²) in [5.41, 5.74) is 0.495. The zero-order chi connectivity index (χ0) is 14.0. The first-order chi connectivity index (χ1) is 8.99. The molecule has 19 heavy (non-hydrogen) atoms. The maximum Gasteiger partial charge on any atom is 0.326 e. The molecule has 1 fully saturated rings. The van der Waals surface area contributed by atoms with Crippen LogP contribution in [0.4, 0.5) is 0 Å². The first-order valence-corrected chi connectivity index (χ1v) is 7.57. The standard InChI is InChI=1S/C13H13Br2NO3/c14-9-5-8(6-10(15)7-9)12(17)16-4-2-1-3-11(16)13(18)19/h5-7,11H,1-4H2,(H,18,19)/t11-/m1/s1. The predicted octanol–water partition coefficient (Wildman–Crippen LogP) is 3.29. The van der Waals surface area contributed by atoms with Gasteiger partial charge in [-0.1, -0.05) is 31.9 Å². The number of halogens is 2. The second-order valence-corrected chi connectivity index (χ2v) is 6.34. The lowest BCUT2D eigenvalue weighted by Crippen LogP contribution is -2.48. The number of likely N-dealkylation sites (tertiary alicyclic amines) is 1. The Balaban J connectivity index is 2.28. The third kappa shape index (κ3) is 3.36. The molecule has 1 aliphatic rings. The van der Waals surface area contributed by atoms with Crippen LogP contribution in [0.15, 0.2) is 27.1 Å². The zero-order valence-corrected chi connectivity index (χ0v) is 13.3. The highest BCUT2D eigenvalue weighted by atomic mass is 79.9. The quantitative estimate of drug-likeness (QED) is 0.842. The van der Waals surface area contributed by atoms with Gasteiger partial charge in [0, 0.05) is 21.1 Å². The number of benzene rings is 1. The topological polar surface area (TPSA) is 57.6 Å². The summed E-state index contributed by atoms with van der Waals surface area (Å²) in [5, 5.41) is 9.20. The van der Waals surface area contributed by atoms with Crippen molar-refractivity contribution < 1.29 is 14.7 Å². The van der Waals surface area contributed by atoms with E-state index in [0.717, 1.165) is 21.8 Å². The highest BCUT2D eigenvalue weighted by molar-refractivity contribution is 9.11. The van der Waals surface area contributed by atoms with Crippen molar-refractivity contribution in [1.82, 2.24) is 4.90 Å². The van der Waals surface area contributed by atoms with Crippen LogP contribution in [-0.4, -0.2) is 34.5 Å². The summed E-state index contributed by atoms with van der Waals surface area (Å²) in [6, 6.07) is 4.54. The van der Waals surface area contributed by atoms with E-state index in [9.17, 15) is 14.7 Å². The van der Waals surface area contributed by atoms with Crippen molar-refractivity contribution in [2.24, 2.45) is 0 Å². The number of carbonyl (C=O) groups excluding carboxylic acids is 1. The van der Waals surface area contributed by atoms with Crippen molar-refractivity contribution in [3.8, 4) is 0 Å². The van der Waals surface area contributed by atoms with Gasteiger partial charge in [0.05, 0.1) is 0 Å². The second-order valence-electron chi connectivity index (χ2n) is 4.51. The smallest absolute Gasteiger partial charge is 0.326 e. The fourth-order valence-corrected chi connectivity index (χ4v) is 3.57. The maximum atomic E-state index is 12.4. The Kier molecular flexibility index (Phi) is 4.62. The molecule has 1 amide bonds. The molecule has 2 rings (SSSR count). The van der Waals surface area contributed by atoms with Gasteiger partial charge in [0.15, 0.2) is 0 Å². The van der Waals surface area contributed by atoms with Gasteiger partial charge in [0.1, 0.15) is 6.04 Å². The fraction of sp³-hybridized carbons (Fsp3) is 0.385. The van der Waals surface area contributed by atoms with Gasteiger partial charge in [0.2, 0.25) is 0 Å². The van der Waals surface area contributed by atoms with Crippen molar-refractivity contribution in [1.29, 1.82) is 0 Å². The van der Waals surface area contributed by atoms with E-state index < -0.39 is 12.0 Å². The summed E-state index contributed by atoms with van der Waals surface area (Å²) >= 11 is 6.66. The van der Waals surface area contributed by atoms with Crippen LogP contribution in [0, 0.1) is 0 Å². The Morgan fingerprint density at radius 2 is 1.79 bits per heavy atom. The fourth-order valence-electron chi connectivity index (χ4n) is 2.27. The third-order valence-electron chi connectivity index (χ3n) is 3.16. The van der Waals surface area contributed by atoms with E-state index >= 15 is 0 Å². The number of carbonyl (C=O) groups is 2. The Bertz CT molecular complexity index is 498. The van der Waals surface area contributed by atoms with E-state index in [1.807, 2.05) is 6.07 Å². The van der Waals surface area contributed by atoms with Gasteiger partial charge in [-0.05, 0) is 37.5 Å². The molecule has 0 saturated carbocycles. The monoisotopic (exact) mass is 389 g/mol. The van der Waals surface area contributed by atoms with Gasteiger partial charge in [-0.15, -0.1) is 0 Å². The number of nitrogens with zero attached hydrogens (tertiary/aromatic N) is 1. The Labute approximate surface area is 128 Å². The van der Waals surface area contributed by atoms with Crippen LogP contribution in [0.5, 0.6) is 0 Å². The molecule has 0 unspecified atom stereocenters. The molecule has 0 spiro atoms.